The molecule has 7 nitrogen and oxygen atoms in total. The number of nitrogens with one attached hydrogen (secondary N) is 2. The third kappa shape index (κ3) is 4.40. The van der Waals surface area contributed by atoms with Crippen molar-refractivity contribution < 1.29 is 19.0 Å². The smallest absolute Gasteiger partial charge is 0.256 e. The fourth-order valence-electron chi connectivity index (χ4n) is 2.85. The first-order chi connectivity index (χ1) is 14.1. The first-order valence-electron chi connectivity index (χ1n) is 9.28. The van der Waals surface area contributed by atoms with Gasteiger partial charge in [0.05, 0.1) is 23.7 Å². The Kier molecular flexibility index (Phi) is 5.20. The highest BCUT2D eigenvalue weighted by Gasteiger charge is 2.16. The summed E-state index contributed by atoms with van der Waals surface area (Å²) in [5, 5.41) is 6.07. The Bertz CT molecular complexity index is 1020. The molecule has 148 valence electrons. The number of benzene rings is 2. The molecule has 7 heteroatoms. The van der Waals surface area contributed by atoms with Gasteiger partial charge in [0.25, 0.3) is 5.91 Å². The lowest BCUT2D eigenvalue weighted by Gasteiger charge is -2.15. The molecule has 1 aliphatic rings. The number of nitrogens with zero attached hydrogens (tertiary/aromatic N) is 1. The zero-order valence-electron chi connectivity index (χ0n) is 16.1. The van der Waals surface area contributed by atoms with E-state index >= 15 is 0 Å². The Morgan fingerprint density at radius 1 is 1.07 bits per heavy atom. The van der Waals surface area contributed by atoms with E-state index in [1.807, 2.05) is 44.2 Å². The Hall–Kier alpha value is -3.74. The van der Waals surface area contributed by atoms with Crippen LogP contribution >= 0.6 is 0 Å². The highest BCUT2D eigenvalue weighted by atomic mass is 16.7. The average molecular weight is 391 g/mol. The number of hydrogen-bond acceptors (Lipinski definition) is 6. The zero-order valence-corrected chi connectivity index (χ0v) is 16.1. The lowest BCUT2D eigenvalue weighted by atomic mass is 10.2. The molecule has 0 unspecified atom stereocenters. The monoisotopic (exact) mass is 391 g/mol. The molecule has 2 N–H and O–H groups in total. The van der Waals surface area contributed by atoms with Gasteiger partial charge >= 0.3 is 0 Å². The van der Waals surface area contributed by atoms with Crippen LogP contribution in [0.5, 0.6) is 17.2 Å². The molecule has 3 aromatic rings. The van der Waals surface area contributed by atoms with Crippen LogP contribution in [0.1, 0.15) is 24.2 Å². The van der Waals surface area contributed by atoms with Crippen LogP contribution in [-0.4, -0.2) is 23.8 Å². The minimum atomic E-state index is -0.271. The van der Waals surface area contributed by atoms with Gasteiger partial charge in [-0.05, 0) is 56.3 Å². The molecule has 0 saturated carbocycles. The molecule has 2 heterocycles. The van der Waals surface area contributed by atoms with Crippen molar-refractivity contribution >= 4 is 23.1 Å². The van der Waals surface area contributed by atoms with Crippen LogP contribution in [0.3, 0.4) is 0 Å². The van der Waals surface area contributed by atoms with E-state index in [1.165, 1.54) is 0 Å². The summed E-state index contributed by atoms with van der Waals surface area (Å²) in [5.41, 5.74) is 2.10. The maximum Gasteiger partial charge on any atom is 0.256 e. The number of hydrogen-bond donors (Lipinski definition) is 2. The third-order valence-corrected chi connectivity index (χ3v) is 4.17. The number of fused-ring (bicyclic) bond motifs is 1. The second-order valence-electron chi connectivity index (χ2n) is 6.74. The number of para-hydroxylation sites is 2. The lowest BCUT2D eigenvalue weighted by molar-refractivity contribution is 0.102. The highest BCUT2D eigenvalue weighted by Crippen LogP contribution is 2.33. The van der Waals surface area contributed by atoms with Crippen LogP contribution in [0.2, 0.25) is 0 Å². The predicted octanol–water partition coefficient (Wildman–Crippen LogP) is 4.59. The van der Waals surface area contributed by atoms with Crippen molar-refractivity contribution in [2.75, 3.05) is 17.4 Å². The Balaban J connectivity index is 1.43. The van der Waals surface area contributed by atoms with Gasteiger partial charge in [0.2, 0.25) is 6.79 Å². The van der Waals surface area contributed by atoms with Crippen molar-refractivity contribution in [2.45, 2.75) is 20.0 Å². The minimum Gasteiger partial charge on any atom is -0.489 e. The summed E-state index contributed by atoms with van der Waals surface area (Å²) >= 11 is 0. The summed E-state index contributed by atoms with van der Waals surface area (Å²) < 4.78 is 16.4. The number of carbonyl (C=O) groups is 1. The van der Waals surface area contributed by atoms with E-state index < -0.39 is 0 Å². The molecule has 0 bridgehead atoms. The van der Waals surface area contributed by atoms with Crippen LogP contribution < -0.4 is 24.8 Å². The van der Waals surface area contributed by atoms with E-state index in [9.17, 15) is 4.79 Å². The Labute approximate surface area is 168 Å². The molecule has 1 amide bonds. The summed E-state index contributed by atoms with van der Waals surface area (Å²) in [6.07, 6.45) is 1.73. The summed E-state index contributed by atoms with van der Waals surface area (Å²) in [6.45, 7) is 4.13. The van der Waals surface area contributed by atoms with E-state index in [1.54, 1.807) is 30.5 Å². The summed E-state index contributed by atoms with van der Waals surface area (Å²) in [4.78, 5) is 16.8. The SMILES string of the molecule is CC(C)Oc1ccccc1Nc1ccc(NC(=O)c2ccc3c(c2)OCO3)nc1. The molecule has 1 aromatic heterocycles. The van der Waals surface area contributed by atoms with E-state index in [0.717, 1.165) is 17.1 Å². The largest absolute Gasteiger partial charge is 0.489 e. The quantitative estimate of drug-likeness (QED) is 0.639. The van der Waals surface area contributed by atoms with E-state index in [4.69, 9.17) is 14.2 Å². The first kappa shape index (κ1) is 18.6. The summed E-state index contributed by atoms with van der Waals surface area (Å²) in [5.74, 6) is 2.14. The molecule has 1 aliphatic heterocycles. The van der Waals surface area contributed by atoms with Crippen molar-refractivity contribution in [1.82, 2.24) is 4.98 Å². The summed E-state index contributed by atoms with van der Waals surface area (Å²) in [7, 11) is 0. The van der Waals surface area contributed by atoms with Gasteiger partial charge in [-0.15, -0.1) is 0 Å². The normalized spacial score (nSPS) is 12.0. The number of pyridine rings is 1. The molecule has 0 aliphatic carbocycles. The van der Waals surface area contributed by atoms with Gasteiger partial charge in [-0.25, -0.2) is 4.98 Å². The number of rotatable bonds is 6. The van der Waals surface area contributed by atoms with Crippen LogP contribution in [-0.2, 0) is 0 Å². The molecule has 2 aromatic carbocycles. The first-order valence-corrected chi connectivity index (χ1v) is 9.28. The van der Waals surface area contributed by atoms with Crippen LogP contribution in [0, 0.1) is 0 Å². The van der Waals surface area contributed by atoms with E-state index in [2.05, 4.69) is 15.6 Å². The molecule has 0 atom stereocenters. The highest BCUT2D eigenvalue weighted by molar-refractivity contribution is 6.04. The fraction of sp³-hybridized carbons (Fsp3) is 0.182. The van der Waals surface area contributed by atoms with Gasteiger partial charge in [0.15, 0.2) is 11.5 Å². The van der Waals surface area contributed by atoms with Crippen LogP contribution in [0.25, 0.3) is 0 Å². The van der Waals surface area contributed by atoms with Crippen molar-refractivity contribution in [1.29, 1.82) is 0 Å². The predicted molar refractivity (Wildman–Crippen MR) is 110 cm³/mol. The van der Waals surface area contributed by atoms with E-state index in [0.29, 0.717) is 22.9 Å². The van der Waals surface area contributed by atoms with Crippen molar-refractivity contribution in [3.05, 3.63) is 66.4 Å². The van der Waals surface area contributed by atoms with Crippen LogP contribution in [0.15, 0.2) is 60.8 Å². The standard InChI is InChI=1S/C22H21N3O4/c1-14(2)29-18-6-4-3-5-17(18)24-16-8-10-21(23-12-16)25-22(26)15-7-9-19-20(11-15)28-13-27-19/h3-12,14,24H,13H2,1-2H3,(H,23,25,26). The van der Waals surface area contributed by atoms with E-state index in [-0.39, 0.29) is 18.8 Å². The average Bonchev–Trinajstić information content (AvgIpc) is 3.18. The Morgan fingerprint density at radius 2 is 1.90 bits per heavy atom. The van der Waals surface area contributed by atoms with Gasteiger partial charge in [0.1, 0.15) is 11.6 Å². The molecule has 4 rings (SSSR count). The maximum atomic E-state index is 12.5. The van der Waals surface area contributed by atoms with Crippen LogP contribution in [0.4, 0.5) is 17.2 Å². The van der Waals surface area contributed by atoms with Gasteiger partial charge in [-0.1, -0.05) is 12.1 Å². The number of ether oxygens (including phenoxy) is 3. The topological polar surface area (TPSA) is 81.7 Å². The van der Waals surface area contributed by atoms with Gasteiger partial charge in [-0.3, -0.25) is 4.79 Å². The van der Waals surface area contributed by atoms with Gasteiger partial charge in [-0.2, -0.15) is 0 Å². The number of carbonyl (C=O) groups excluding carboxylic acids is 1. The molecule has 29 heavy (non-hydrogen) atoms. The number of amides is 1. The number of aromatic nitrogens is 1. The second kappa shape index (κ2) is 8.10. The molecular formula is C22H21N3O4. The summed E-state index contributed by atoms with van der Waals surface area (Å²) in [6, 6.07) is 16.3. The third-order valence-electron chi connectivity index (χ3n) is 4.17. The van der Waals surface area contributed by atoms with Gasteiger partial charge < -0.3 is 24.8 Å². The van der Waals surface area contributed by atoms with Crippen molar-refractivity contribution in [3.8, 4) is 17.2 Å². The zero-order chi connectivity index (χ0) is 20.2. The molecule has 0 spiro atoms. The van der Waals surface area contributed by atoms with Crippen molar-refractivity contribution in [3.63, 3.8) is 0 Å². The fourth-order valence-corrected chi connectivity index (χ4v) is 2.85. The Morgan fingerprint density at radius 3 is 2.69 bits per heavy atom. The van der Waals surface area contributed by atoms with Gasteiger partial charge in [0, 0.05) is 5.56 Å². The minimum absolute atomic E-state index is 0.0739. The number of anilines is 3. The van der Waals surface area contributed by atoms with Crippen molar-refractivity contribution in [2.24, 2.45) is 0 Å². The lowest BCUT2D eigenvalue weighted by Crippen LogP contribution is -2.12. The molecule has 0 fully saturated rings. The molecular weight excluding hydrogens is 370 g/mol. The molecule has 0 saturated heterocycles. The second-order valence-corrected chi connectivity index (χ2v) is 6.74. The maximum absolute atomic E-state index is 12.5. The molecule has 0 radical (unpaired) electrons.